The number of hydrogen-bond donors (Lipinski definition) is 0. The highest BCUT2D eigenvalue weighted by molar-refractivity contribution is 6.24. The number of rotatable bonds is 3. The summed E-state index contributed by atoms with van der Waals surface area (Å²) in [6, 6.07) is 50.5. The van der Waals surface area contributed by atoms with Crippen LogP contribution in [0.2, 0.25) is 0 Å². The minimum atomic E-state index is 0.460. The van der Waals surface area contributed by atoms with Gasteiger partial charge in [-0.25, -0.2) is 0 Å². The van der Waals surface area contributed by atoms with Gasteiger partial charge in [-0.05, 0) is 84.1 Å². The molecule has 0 aliphatic carbocycles. The van der Waals surface area contributed by atoms with Crippen LogP contribution in [0, 0.1) is 0 Å². The predicted octanol–water partition coefficient (Wildman–Crippen LogP) is 11.9. The van der Waals surface area contributed by atoms with Gasteiger partial charge in [-0.1, -0.05) is 139 Å². The fourth-order valence-corrected chi connectivity index (χ4v) is 6.84. The summed E-state index contributed by atoms with van der Waals surface area (Å²) in [5.41, 5.74) is 8.50. The molecule has 1 aliphatic rings. The Labute approximate surface area is 253 Å². The van der Waals surface area contributed by atoms with Crippen molar-refractivity contribution in [3.8, 4) is 56.0 Å². The molecule has 200 valence electrons. The third kappa shape index (κ3) is 3.65. The minimum absolute atomic E-state index is 0.460. The van der Waals surface area contributed by atoms with Gasteiger partial charge < -0.3 is 4.74 Å². The Hall–Kier alpha value is -5.66. The van der Waals surface area contributed by atoms with Crippen LogP contribution in [0.5, 0.6) is 11.5 Å². The van der Waals surface area contributed by atoms with Gasteiger partial charge in [0, 0.05) is 10.9 Å². The molecule has 0 spiro atoms. The Morgan fingerprint density at radius 2 is 0.977 bits per heavy atom. The molecule has 9 rings (SSSR count). The second-order valence-electron chi connectivity index (χ2n) is 11.1. The molecule has 1 heteroatoms. The van der Waals surface area contributed by atoms with E-state index in [1.54, 1.807) is 0 Å². The van der Waals surface area contributed by atoms with Crippen molar-refractivity contribution >= 4 is 32.3 Å². The van der Waals surface area contributed by atoms with Gasteiger partial charge in [0.25, 0.3) is 0 Å². The SMILES string of the molecule is [2H]c1cccc2c(-c3ccc4c5c(cccc35)Oc3ccccc3-4)c3c([2H])cccc3c(-c3cccc(-c4ccccc4)c3)c12. The van der Waals surface area contributed by atoms with Crippen LogP contribution in [-0.2, 0) is 0 Å². The smallest absolute Gasteiger partial charge is 0.135 e. The highest BCUT2D eigenvalue weighted by Gasteiger charge is 2.23. The van der Waals surface area contributed by atoms with Crippen LogP contribution in [0.15, 0.2) is 158 Å². The summed E-state index contributed by atoms with van der Waals surface area (Å²) in [6.45, 7) is 0. The van der Waals surface area contributed by atoms with Gasteiger partial charge in [-0.15, -0.1) is 0 Å². The fraction of sp³-hybridized carbons (Fsp3) is 0. The van der Waals surface area contributed by atoms with Crippen LogP contribution in [0.3, 0.4) is 0 Å². The van der Waals surface area contributed by atoms with E-state index < -0.39 is 0 Å². The molecule has 0 N–H and O–H groups in total. The maximum atomic E-state index is 9.28. The summed E-state index contributed by atoms with van der Waals surface area (Å²) in [5.74, 6) is 1.69. The Bertz CT molecular complexity index is 2480. The monoisotopic (exact) mass is 548 g/mol. The van der Waals surface area contributed by atoms with E-state index in [2.05, 4.69) is 84.9 Å². The summed E-state index contributed by atoms with van der Waals surface area (Å²) in [7, 11) is 0. The number of ether oxygens (including phenoxy) is 1. The Morgan fingerprint density at radius 3 is 1.84 bits per heavy atom. The molecular weight excluding hydrogens is 520 g/mol. The minimum Gasteiger partial charge on any atom is -0.456 e. The van der Waals surface area contributed by atoms with Crippen molar-refractivity contribution in [2.75, 3.05) is 0 Å². The van der Waals surface area contributed by atoms with Crippen molar-refractivity contribution in [1.29, 1.82) is 0 Å². The molecular formula is C42H26O. The molecule has 0 radical (unpaired) electrons. The van der Waals surface area contributed by atoms with Gasteiger partial charge >= 0.3 is 0 Å². The Kier molecular flexibility index (Phi) is 4.83. The average molecular weight is 549 g/mol. The summed E-state index contributed by atoms with van der Waals surface area (Å²) in [6.07, 6.45) is 0. The molecule has 1 nitrogen and oxygen atoms in total. The summed E-state index contributed by atoms with van der Waals surface area (Å²) >= 11 is 0. The lowest BCUT2D eigenvalue weighted by molar-refractivity contribution is 0.487. The topological polar surface area (TPSA) is 9.23 Å². The first-order valence-electron chi connectivity index (χ1n) is 15.6. The maximum absolute atomic E-state index is 9.28. The lowest BCUT2D eigenvalue weighted by Crippen LogP contribution is -1.98. The number of hydrogen-bond acceptors (Lipinski definition) is 1. The summed E-state index contributed by atoms with van der Waals surface area (Å²) in [4.78, 5) is 0. The third-order valence-corrected chi connectivity index (χ3v) is 8.68. The van der Waals surface area contributed by atoms with Crippen LogP contribution in [0.1, 0.15) is 2.74 Å². The van der Waals surface area contributed by atoms with Crippen molar-refractivity contribution in [1.82, 2.24) is 0 Å². The number of fused-ring (bicyclic) bond motifs is 4. The Balaban J connectivity index is 1.41. The summed E-state index contributed by atoms with van der Waals surface area (Å²) in [5, 5.41) is 5.84. The van der Waals surface area contributed by atoms with Crippen molar-refractivity contribution in [2.24, 2.45) is 0 Å². The van der Waals surface area contributed by atoms with E-state index >= 15 is 0 Å². The molecule has 0 bridgehead atoms. The first-order valence-corrected chi connectivity index (χ1v) is 14.6. The molecule has 1 heterocycles. The van der Waals surface area contributed by atoms with E-state index in [4.69, 9.17) is 4.74 Å². The largest absolute Gasteiger partial charge is 0.456 e. The second kappa shape index (κ2) is 9.44. The standard InChI is InChI=1S/C42H26O/c1-2-12-27(13-3-1)28-14-10-15-29(26-28)40-31-17-4-6-19-33(31)41(34-20-7-5-18-32(34)40)37-25-24-36-30-16-8-9-22-38(30)43-39-23-11-21-35(37)42(36)39/h1-26H/i17D,20D. The van der Waals surface area contributed by atoms with E-state index in [9.17, 15) is 2.74 Å². The molecule has 0 saturated carbocycles. The second-order valence-corrected chi connectivity index (χ2v) is 11.1. The molecule has 8 aromatic carbocycles. The lowest BCUT2D eigenvalue weighted by Gasteiger charge is -2.24. The summed E-state index contributed by atoms with van der Waals surface area (Å²) < 4.78 is 24.9. The molecule has 0 amide bonds. The van der Waals surface area contributed by atoms with E-state index in [-0.39, 0.29) is 0 Å². The van der Waals surface area contributed by atoms with E-state index in [1.165, 1.54) is 0 Å². The Morgan fingerprint density at radius 1 is 0.372 bits per heavy atom. The molecule has 43 heavy (non-hydrogen) atoms. The lowest BCUT2D eigenvalue weighted by atomic mass is 9.83. The van der Waals surface area contributed by atoms with Crippen LogP contribution in [0.25, 0.3) is 76.8 Å². The molecule has 1 aliphatic heterocycles. The first-order chi connectivity index (χ1) is 22.2. The van der Waals surface area contributed by atoms with E-state index in [0.29, 0.717) is 12.1 Å². The van der Waals surface area contributed by atoms with Gasteiger partial charge in [0.1, 0.15) is 11.5 Å². The van der Waals surface area contributed by atoms with Crippen molar-refractivity contribution in [2.45, 2.75) is 0 Å². The van der Waals surface area contributed by atoms with Crippen molar-refractivity contribution < 1.29 is 7.48 Å². The highest BCUT2D eigenvalue weighted by atomic mass is 16.5. The average Bonchev–Trinajstić information content (AvgIpc) is 3.08. The van der Waals surface area contributed by atoms with Crippen LogP contribution < -0.4 is 4.74 Å². The van der Waals surface area contributed by atoms with Crippen molar-refractivity contribution in [3.63, 3.8) is 0 Å². The van der Waals surface area contributed by atoms with Gasteiger partial charge in [0.2, 0.25) is 0 Å². The quantitative estimate of drug-likeness (QED) is 0.200. The van der Waals surface area contributed by atoms with Crippen LogP contribution in [-0.4, -0.2) is 0 Å². The number of para-hydroxylation sites is 1. The van der Waals surface area contributed by atoms with Gasteiger partial charge in [0.05, 0.1) is 2.74 Å². The molecule has 0 unspecified atom stereocenters. The predicted molar refractivity (Wildman–Crippen MR) is 181 cm³/mol. The van der Waals surface area contributed by atoms with E-state index in [0.717, 1.165) is 88.3 Å². The molecule has 0 saturated heterocycles. The molecule has 0 fully saturated rings. The first kappa shape index (κ1) is 22.0. The zero-order chi connectivity index (χ0) is 30.1. The zero-order valence-electron chi connectivity index (χ0n) is 25.3. The van der Waals surface area contributed by atoms with Crippen LogP contribution in [0.4, 0.5) is 0 Å². The molecule has 0 aromatic heterocycles. The normalized spacial score (nSPS) is 12.6. The fourth-order valence-electron chi connectivity index (χ4n) is 6.84. The van der Waals surface area contributed by atoms with Gasteiger partial charge in [0.15, 0.2) is 0 Å². The highest BCUT2D eigenvalue weighted by Crippen LogP contribution is 2.51. The maximum Gasteiger partial charge on any atom is 0.135 e. The van der Waals surface area contributed by atoms with Gasteiger partial charge in [-0.3, -0.25) is 0 Å². The number of benzene rings is 8. The van der Waals surface area contributed by atoms with Crippen molar-refractivity contribution in [3.05, 3.63) is 158 Å². The van der Waals surface area contributed by atoms with Crippen LogP contribution >= 0.6 is 0 Å². The zero-order valence-corrected chi connectivity index (χ0v) is 23.3. The third-order valence-electron chi connectivity index (χ3n) is 8.68. The van der Waals surface area contributed by atoms with Gasteiger partial charge in [-0.2, -0.15) is 0 Å². The molecule has 0 atom stereocenters. The molecule has 8 aromatic rings. The van der Waals surface area contributed by atoms with E-state index in [1.807, 2.05) is 60.7 Å².